The maximum absolute atomic E-state index is 12.0. The van der Waals surface area contributed by atoms with Crippen LogP contribution in [0.1, 0.15) is 24.7 Å². The molecule has 1 heterocycles. The lowest BCUT2D eigenvalue weighted by Crippen LogP contribution is -2.28. The van der Waals surface area contributed by atoms with Crippen LogP contribution in [0.2, 0.25) is 0 Å². The number of hydrogen-bond acceptors (Lipinski definition) is 2. The van der Waals surface area contributed by atoms with Crippen molar-refractivity contribution in [2.75, 3.05) is 12.4 Å². The highest BCUT2D eigenvalue weighted by atomic mass is 35.5. The van der Waals surface area contributed by atoms with Gasteiger partial charge in [-0.1, -0.05) is 13.0 Å². The third kappa shape index (κ3) is 3.31. The van der Waals surface area contributed by atoms with E-state index in [0.29, 0.717) is 25.4 Å². The van der Waals surface area contributed by atoms with Gasteiger partial charge in [0.1, 0.15) is 12.4 Å². The number of aromatic nitrogens is 2. The zero-order chi connectivity index (χ0) is 14.5. The van der Waals surface area contributed by atoms with Gasteiger partial charge < -0.3 is 9.88 Å². The molecule has 0 radical (unpaired) electrons. The highest BCUT2D eigenvalue weighted by Gasteiger charge is 2.13. The second-order valence-electron chi connectivity index (χ2n) is 4.90. The number of alkyl halides is 1. The van der Waals surface area contributed by atoms with Crippen molar-refractivity contribution in [1.82, 2.24) is 14.9 Å². The molecule has 0 saturated carbocycles. The van der Waals surface area contributed by atoms with Crippen LogP contribution in [-0.2, 0) is 17.8 Å². The van der Waals surface area contributed by atoms with Crippen LogP contribution in [-0.4, -0.2) is 27.9 Å². The van der Waals surface area contributed by atoms with E-state index in [0.717, 1.165) is 28.8 Å². The van der Waals surface area contributed by atoms with E-state index in [1.165, 1.54) is 0 Å². The molecule has 0 unspecified atom stereocenters. The predicted octanol–water partition coefficient (Wildman–Crippen LogP) is 2.65. The van der Waals surface area contributed by atoms with Crippen LogP contribution in [0.3, 0.4) is 0 Å². The molecule has 1 amide bonds. The third-order valence-electron chi connectivity index (χ3n) is 3.17. The van der Waals surface area contributed by atoms with Gasteiger partial charge in [-0.25, -0.2) is 4.98 Å². The average molecular weight is 294 g/mol. The van der Waals surface area contributed by atoms with Crippen LogP contribution in [0.5, 0.6) is 0 Å². The lowest BCUT2D eigenvalue weighted by Gasteiger charge is -2.09. The van der Waals surface area contributed by atoms with E-state index in [4.69, 9.17) is 11.6 Å². The Bertz CT molecular complexity index is 606. The molecule has 1 aromatic heterocycles. The fourth-order valence-electron chi connectivity index (χ4n) is 2.20. The molecular weight excluding hydrogens is 274 g/mol. The van der Waals surface area contributed by atoms with Gasteiger partial charge in [-0.3, -0.25) is 4.79 Å². The molecular formula is C15H20ClN3O. The van der Waals surface area contributed by atoms with E-state index in [-0.39, 0.29) is 5.91 Å². The van der Waals surface area contributed by atoms with Gasteiger partial charge in [0.15, 0.2) is 0 Å². The number of benzene rings is 1. The summed E-state index contributed by atoms with van der Waals surface area (Å²) in [7, 11) is 0. The van der Waals surface area contributed by atoms with Crippen molar-refractivity contribution in [2.24, 2.45) is 0 Å². The Morgan fingerprint density at radius 2 is 2.25 bits per heavy atom. The molecule has 108 valence electrons. The Morgan fingerprint density at radius 3 is 2.95 bits per heavy atom. The number of aryl methyl sites for hydroxylation is 2. The molecule has 1 aromatic carbocycles. The molecule has 2 aromatic rings. The van der Waals surface area contributed by atoms with Crippen molar-refractivity contribution in [1.29, 1.82) is 0 Å². The molecule has 1 N–H and O–H groups in total. The zero-order valence-corrected chi connectivity index (χ0v) is 12.7. The van der Waals surface area contributed by atoms with Gasteiger partial charge in [-0.15, -0.1) is 11.6 Å². The minimum atomic E-state index is 0.0171. The van der Waals surface area contributed by atoms with Crippen LogP contribution in [0, 0.1) is 6.92 Å². The first kappa shape index (κ1) is 14.9. The number of rotatable bonds is 6. The number of carbonyl (C=O) groups excluding carboxylic acids is 1. The predicted molar refractivity (Wildman–Crippen MR) is 82.2 cm³/mol. The Balaban J connectivity index is 2.34. The van der Waals surface area contributed by atoms with Crippen LogP contribution < -0.4 is 5.32 Å². The summed E-state index contributed by atoms with van der Waals surface area (Å²) < 4.78 is 1.97. The molecule has 20 heavy (non-hydrogen) atoms. The second-order valence-corrected chi connectivity index (χ2v) is 5.27. The number of amides is 1. The summed E-state index contributed by atoms with van der Waals surface area (Å²) in [6, 6.07) is 6.08. The second kappa shape index (κ2) is 6.75. The number of fused-ring (bicyclic) bond motifs is 1. The molecule has 0 aliphatic rings. The van der Waals surface area contributed by atoms with Gasteiger partial charge in [-0.2, -0.15) is 0 Å². The number of nitrogens with zero attached hydrogens (tertiary/aromatic N) is 2. The molecule has 2 rings (SSSR count). The lowest BCUT2D eigenvalue weighted by molar-refractivity contribution is -0.121. The minimum Gasteiger partial charge on any atom is -0.355 e. The first-order chi connectivity index (χ1) is 9.65. The summed E-state index contributed by atoms with van der Waals surface area (Å²) in [6.07, 6.45) is 1.60. The number of carbonyl (C=O) groups is 1. The van der Waals surface area contributed by atoms with Crippen LogP contribution >= 0.6 is 11.6 Å². The standard InChI is InChI=1S/C15H20ClN3O/c1-3-8-17-15(20)10-19-13-9-11(2)4-5-12(13)18-14(19)6-7-16/h4-5,9H,3,6-8,10H2,1-2H3,(H,17,20). The summed E-state index contributed by atoms with van der Waals surface area (Å²) in [5.41, 5.74) is 3.07. The largest absolute Gasteiger partial charge is 0.355 e. The molecule has 5 heteroatoms. The maximum atomic E-state index is 12.0. The Labute approximate surface area is 124 Å². The fraction of sp³-hybridized carbons (Fsp3) is 0.467. The molecule has 0 bridgehead atoms. The van der Waals surface area contributed by atoms with Crippen LogP contribution in [0.25, 0.3) is 11.0 Å². The normalized spacial score (nSPS) is 10.9. The van der Waals surface area contributed by atoms with E-state index in [1.54, 1.807) is 0 Å². The van der Waals surface area contributed by atoms with E-state index in [1.807, 2.05) is 30.5 Å². The first-order valence-corrected chi connectivity index (χ1v) is 7.47. The lowest BCUT2D eigenvalue weighted by atomic mass is 10.2. The first-order valence-electron chi connectivity index (χ1n) is 6.94. The van der Waals surface area contributed by atoms with Crippen molar-refractivity contribution in [3.8, 4) is 0 Å². The van der Waals surface area contributed by atoms with Crippen LogP contribution in [0.15, 0.2) is 18.2 Å². The topological polar surface area (TPSA) is 46.9 Å². The van der Waals surface area contributed by atoms with Gasteiger partial charge in [0.25, 0.3) is 0 Å². The molecule has 0 saturated heterocycles. The van der Waals surface area contributed by atoms with E-state index in [2.05, 4.69) is 16.4 Å². The van der Waals surface area contributed by atoms with Crippen molar-refractivity contribution in [2.45, 2.75) is 33.2 Å². The van der Waals surface area contributed by atoms with Crippen LogP contribution in [0.4, 0.5) is 0 Å². The minimum absolute atomic E-state index is 0.0171. The van der Waals surface area contributed by atoms with Gasteiger partial charge in [0.05, 0.1) is 11.0 Å². The summed E-state index contributed by atoms with van der Waals surface area (Å²) in [5, 5.41) is 2.90. The van der Waals surface area contributed by atoms with Crippen molar-refractivity contribution in [3.05, 3.63) is 29.6 Å². The highest BCUT2D eigenvalue weighted by Crippen LogP contribution is 2.18. The molecule has 0 atom stereocenters. The van der Waals surface area contributed by atoms with Gasteiger partial charge in [0, 0.05) is 18.8 Å². The highest BCUT2D eigenvalue weighted by molar-refractivity contribution is 6.17. The van der Waals surface area contributed by atoms with Crippen molar-refractivity contribution < 1.29 is 4.79 Å². The van der Waals surface area contributed by atoms with E-state index in [9.17, 15) is 4.79 Å². The number of halogens is 1. The monoisotopic (exact) mass is 293 g/mol. The Morgan fingerprint density at radius 1 is 1.45 bits per heavy atom. The fourth-order valence-corrected chi connectivity index (χ4v) is 2.37. The Hall–Kier alpha value is -1.55. The molecule has 4 nitrogen and oxygen atoms in total. The summed E-state index contributed by atoms with van der Waals surface area (Å²) in [5.74, 6) is 1.38. The van der Waals surface area contributed by atoms with E-state index >= 15 is 0 Å². The Kier molecular flexibility index (Phi) is 5.01. The number of imidazole rings is 1. The van der Waals surface area contributed by atoms with E-state index < -0.39 is 0 Å². The zero-order valence-electron chi connectivity index (χ0n) is 11.9. The SMILES string of the molecule is CCCNC(=O)Cn1c(CCCl)nc2ccc(C)cc21. The summed E-state index contributed by atoms with van der Waals surface area (Å²) in [4.78, 5) is 16.5. The van der Waals surface area contributed by atoms with Gasteiger partial charge in [0.2, 0.25) is 5.91 Å². The number of hydrogen-bond donors (Lipinski definition) is 1. The molecule has 0 aliphatic carbocycles. The van der Waals surface area contributed by atoms with Crippen molar-refractivity contribution >= 4 is 28.5 Å². The quantitative estimate of drug-likeness (QED) is 0.832. The maximum Gasteiger partial charge on any atom is 0.240 e. The smallest absolute Gasteiger partial charge is 0.240 e. The van der Waals surface area contributed by atoms with Crippen molar-refractivity contribution in [3.63, 3.8) is 0 Å². The average Bonchev–Trinajstić information content (AvgIpc) is 2.75. The van der Waals surface area contributed by atoms with Gasteiger partial charge >= 0.3 is 0 Å². The summed E-state index contributed by atoms with van der Waals surface area (Å²) >= 11 is 5.83. The molecule has 0 spiro atoms. The third-order valence-corrected chi connectivity index (χ3v) is 3.36. The molecule has 0 aliphatic heterocycles. The molecule has 0 fully saturated rings. The number of nitrogens with one attached hydrogen (secondary N) is 1. The summed E-state index contributed by atoms with van der Waals surface area (Å²) in [6.45, 7) is 5.08. The van der Waals surface area contributed by atoms with Gasteiger partial charge in [-0.05, 0) is 31.0 Å².